The lowest BCUT2D eigenvalue weighted by Crippen LogP contribution is -2.41. The minimum atomic E-state index is -0.997. The minimum Gasteiger partial charge on any atom is -0.481 e. The molecule has 0 saturated carbocycles. The number of carboxylic acids is 1. The van der Waals surface area contributed by atoms with Crippen molar-refractivity contribution >= 4 is 23.7 Å². The molecule has 0 saturated heterocycles. The van der Waals surface area contributed by atoms with E-state index in [9.17, 15) is 9.59 Å². The van der Waals surface area contributed by atoms with Crippen LogP contribution >= 0.6 is 11.6 Å². The molecule has 0 bridgehead atoms. The molecule has 21 heavy (non-hydrogen) atoms. The Labute approximate surface area is 129 Å². The number of alkyl carbamates (subject to hydrolysis) is 1. The van der Waals surface area contributed by atoms with Gasteiger partial charge in [-0.15, -0.1) is 0 Å². The SMILES string of the molecule is CC(C)(C)OC(=O)N[C@@H](CC(=O)O)Cc1ccccc1Cl. The van der Waals surface area contributed by atoms with Crippen LogP contribution in [0.15, 0.2) is 24.3 Å². The first-order valence-electron chi connectivity index (χ1n) is 6.62. The fourth-order valence-corrected chi connectivity index (χ4v) is 2.00. The first kappa shape index (κ1) is 17.3. The second kappa shape index (κ2) is 7.31. The van der Waals surface area contributed by atoms with Crippen molar-refractivity contribution in [3.63, 3.8) is 0 Å². The Bertz CT molecular complexity index is 511. The van der Waals surface area contributed by atoms with Gasteiger partial charge in [-0.3, -0.25) is 4.79 Å². The van der Waals surface area contributed by atoms with Gasteiger partial charge in [0.25, 0.3) is 0 Å². The van der Waals surface area contributed by atoms with Gasteiger partial charge >= 0.3 is 12.1 Å². The number of carbonyl (C=O) groups excluding carboxylic acids is 1. The van der Waals surface area contributed by atoms with Crippen LogP contribution in [-0.4, -0.2) is 28.8 Å². The van der Waals surface area contributed by atoms with E-state index in [1.165, 1.54) is 0 Å². The average molecular weight is 314 g/mol. The molecule has 0 radical (unpaired) electrons. The Kier molecular flexibility index (Phi) is 6.03. The topological polar surface area (TPSA) is 75.6 Å². The van der Waals surface area contributed by atoms with Crippen LogP contribution in [0.4, 0.5) is 4.79 Å². The number of carbonyl (C=O) groups is 2. The van der Waals surface area contributed by atoms with Crippen molar-refractivity contribution in [2.45, 2.75) is 45.3 Å². The van der Waals surface area contributed by atoms with Crippen LogP contribution in [0.5, 0.6) is 0 Å². The number of hydrogen-bond donors (Lipinski definition) is 2. The summed E-state index contributed by atoms with van der Waals surface area (Å²) in [6, 6.07) is 6.54. The number of benzene rings is 1. The molecule has 0 aliphatic carbocycles. The smallest absolute Gasteiger partial charge is 0.407 e. The van der Waals surface area contributed by atoms with Gasteiger partial charge in [-0.25, -0.2) is 4.79 Å². The van der Waals surface area contributed by atoms with Gasteiger partial charge in [-0.2, -0.15) is 0 Å². The zero-order valence-electron chi connectivity index (χ0n) is 12.4. The molecule has 1 aromatic rings. The Balaban J connectivity index is 2.75. The summed E-state index contributed by atoms with van der Waals surface area (Å²) in [7, 11) is 0. The van der Waals surface area contributed by atoms with Gasteiger partial charge in [0.2, 0.25) is 0 Å². The van der Waals surface area contributed by atoms with E-state index in [0.717, 1.165) is 5.56 Å². The highest BCUT2D eigenvalue weighted by atomic mass is 35.5. The largest absolute Gasteiger partial charge is 0.481 e. The molecular weight excluding hydrogens is 294 g/mol. The quantitative estimate of drug-likeness (QED) is 0.875. The summed E-state index contributed by atoms with van der Waals surface area (Å²) in [4.78, 5) is 22.7. The Hall–Kier alpha value is -1.75. The van der Waals surface area contributed by atoms with Crippen molar-refractivity contribution < 1.29 is 19.4 Å². The van der Waals surface area contributed by atoms with Gasteiger partial charge in [0.15, 0.2) is 0 Å². The predicted molar refractivity (Wildman–Crippen MR) is 80.6 cm³/mol. The van der Waals surface area contributed by atoms with E-state index in [4.69, 9.17) is 21.4 Å². The molecule has 0 aliphatic rings. The van der Waals surface area contributed by atoms with Gasteiger partial charge in [0.05, 0.1) is 6.42 Å². The highest BCUT2D eigenvalue weighted by molar-refractivity contribution is 6.31. The van der Waals surface area contributed by atoms with Crippen molar-refractivity contribution in [2.75, 3.05) is 0 Å². The van der Waals surface area contributed by atoms with Crippen LogP contribution in [-0.2, 0) is 16.0 Å². The van der Waals surface area contributed by atoms with Gasteiger partial charge in [-0.1, -0.05) is 29.8 Å². The molecular formula is C15H20ClNO4. The maximum absolute atomic E-state index is 11.8. The molecule has 1 rings (SSSR count). The molecule has 0 spiro atoms. The third kappa shape index (κ3) is 6.99. The molecule has 2 N–H and O–H groups in total. The average Bonchev–Trinajstić information content (AvgIpc) is 2.28. The minimum absolute atomic E-state index is 0.204. The van der Waals surface area contributed by atoms with Crippen LogP contribution in [0.3, 0.4) is 0 Å². The predicted octanol–water partition coefficient (Wildman–Crippen LogP) is 3.25. The summed E-state index contributed by atoms with van der Waals surface area (Å²) in [5.41, 5.74) is 0.142. The summed E-state index contributed by atoms with van der Waals surface area (Å²) in [6.07, 6.45) is -0.517. The number of nitrogens with one attached hydrogen (secondary N) is 1. The van der Waals surface area contributed by atoms with E-state index >= 15 is 0 Å². The second-order valence-electron chi connectivity index (χ2n) is 5.74. The summed E-state index contributed by atoms with van der Waals surface area (Å²) in [5, 5.41) is 12.1. The fraction of sp³-hybridized carbons (Fsp3) is 0.467. The fourth-order valence-electron chi connectivity index (χ4n) is 1.79. The lowest BCUT2D eigenvalue weighted by molar-refractivity contribution is -0.137. The van der Waals surface area contributed by atoms with E-state index < -0.39 is 23.7 Å². The Morgan fingerprint density at radius 3 is 2.48 bits per heavy atom. The molecule has 0 heterocycles. The molecule has 116 valence electrons. The highest BCUT2D eigenvalue weighted by Gasteiger charge is 2.22. The Morgan fingerprint density at radius 1 is 1.33 bits per heavy atom. The number of halogens is 1. The summed E-state index contributed by atoms with van der Waals surface area (Å²) in [6.45, 7) is 5.23. The molecule has 1 atom stereocenters. The van der Waals surface area contributed by atoms with E-state index in [2.05, 4.69) is 5.32 Å². The van der Waals surface area contributed by atoms with Gasteiger partial charge in [-0.05, 0) is 38.8 Å². The summed E-state index contributed by atoms with van der Waals surface area (Å²) < 4.78 is 5.14. The summed E-state index contributed by atoms with van der Waals surface area (Å²) in [5.74, 6) is -0.997. The van der Waals surface area contributed by atoms with Gasteiger partial charge < -0.3 is 15.2 Å². The van der Waals surface area contributed by atoms with Crippen molar-refractivity contribution in [1.82, 2.24) is 5.32 Å². The van der Waals surface area contributed by atoms with Crippen LogP contribution in [0.25, 0.3) is 0 Å². The molecule has 1 aromatic carbocycles. The lowest BCUT2D eigenvalue weighted by atomic mass is 10.0. The van der Waals surface area contributed by atoms with Gasteiger partial charge in [0, 0.05) is 11.1 Å². The van der Waals surface area contributed by atoms with Crippen molar-refractivity contribution in [3.05, 3.63) is 34.9 Å². The van der Waals surface area contributed by atoms with Crippen molar-refractivity contribution in [1.29, 1.82) is 0 Å². The third-order valence-electron chi connectivity index (χ3n) is 2.57. The van der Waals surface area contributed by atoms with E-state index in [1.807, 2.05) is 6.07 Å². The molecule has 0 unspecified atom stereocenters. The van der Waals surface area contributed by atoms with Crippen LogP contribution < -0.4 is 5.32 Å². The number of carboxylic acid groups (broad SMARTS) is 1. The number of amides is 1. The monoisotopic (exact) mass is 313 g/mol. The molecule has 0 aliphatic heterocycles. The number of rotatable bonds is 5. The van der Waals surface area contributed by atoms with Crippen LogP contribution in [0.1, 0.15) is 32.8 Å². The van der Waals surface area contributed by atoms with Crippen LogP contribution in [0, 0.1) is 0 Å². The first-order valence-corrected chi connectivity index (χ1v) is 7.00. The number of ether oxygens (including phenoxy) is 1. The van der Waals surface area contributed by atoms with Crippen LogP contribution in [0.2, 0.25) is 5.02 Å². The number of aliphatic carboxylic acids is 1. The third-order valence-corrected chi connectivity index (χ3v) is 2.93. The Morgan fingerprint density at radius 2 is 1.95 bits per heavy atom. The lowest BCUT2D eigenvalue weighted by Gasteiger charge is -2.23. The number of hydrogen-bond acceptors (Lipinski definition) is 3. The molecule has 0 aromatic heterocycles. The first-order chi connectivity index (χ1) is 9.67. The molecule has 5 nitrogen and oxygen atoms in total. The zero-order chi connectivity index (χ0) is 16.0. The molecule has 1 amide bonds. The van der Waals surface area contributed by atoms with E-state index in [0.29, 0.717) is 11.4 Å². The standard InChI is InChI=1S/C15H20ClNO4/c1-15(2,3)21-14(20)17-11(9-13(18)19)8-10-6-4-5-7-12(10)16/h4-7,11H,8-9H2,1-3H3,(H,17,20)(H,18,19)/t11-/m1/s1. The van der Waals surface area contributed by atoms with Crippen molar-refractivity contribution in [2.24, 2.45) is 0 Å². The maximum atomic E-state index is 11.8. The maximum Gasteiger partial charge on any atom is 0.407 e. The van der Waals surface area contributed by atoms with Gasteiger partial charge in [0.1, 0.15) is 5.60 Å². The normalized spacial score (nSPS) is 12.6. The second-order valence-corrected chi connectivity index (χ2v) is 6.14. The molecule has 0 fully saturated rings. The van der Waals surface area contributed by atoms with Crippen molar-refractivity contribution in [3.8, 4) is 0 Å². The van der Waals surface area contributed by atoms with E-state index in [-0.39, 0.29) is 6.42 Å². The zero-order valence-corrected chi connectivity index (χ0v) is 13.1. The summed E-state index contributed by atoms with van der Waals surface area (Å²) >= 11 is 6.06. The highest BCUT2D eigenvalue weighted by Crippen LogP contribution is 2.18. The molecule has 6 heteroatoms. The van der Waals surface area contributed by atoms with E-state index in [1.54, 1.807) is 39.0 Å².